The molecule has 0 heterocycles. The van der Waals surface area contributed by atoms with Gasteiger partial charge in [0, 0.05) is 23.1 Å². The minimum absolute atomic E-state index is 0.000560. The Morgan fingerprint density at radius 3 is 2.29 bits per heavy atom. The summed E-state index contributed by atoms with van der Waals surface area (Å²) in [5, 5.41) is 3.71. The molecule has 0 saturated carbocycles. The highest BCUT2D eigenvalue weighted by atomic mass is 35.5. The van der Waals surface area contributed by atoms with Gasteiger partial charge in [0.15, 0.2) is 0 Å². The Bertz CT molecular complexity index is 1470. The lowest BCUT2D eigenvalue weighted by Gasteiger charge is -2.34. The van der Waals surface area contributed by atoms with Crippen LogP contribution in [0, 0.1) is 13.8 Å². The van der Waals surface area contributed by atoms with Crippen molar-refractivity contribution in [2.75, 3.05) is 17.4 Å². The number of carbonyl (C=O) groups excluding carboxylic acids is 2. The Labute approximate surface area is 253 Å². The molecule has 1 N–H and O–H groups in total. The number of rotatable bonds is 13. The van der Waals surface area contributed by atoms with Gasteiger partial charge in [0.25, 0.3) is 10.0 Å². The first kappa shape index (κ1) is 32.4. The van der Waals surface area contributed by atoms with E-state index in [0.717, 1.165) is 28.3 Å². The molecule has 3 aromatic rings. The molecule has 220 valence electrons. The van der Waals surface area contributed by atoms with Crippen molar-refractivity contribution >= 4 is 50.7 Å². The van der Waals surface area contributed by atoms with Gasteiger partial charge in [-0.25, -0.2) is 8.42 Å². The summed E-state index contributed by atoms with van der Waals surface area (Å²) < 4.78 is 29.1. The van der Waals surface area contributed by atoms with Crippen LogP contribution in [0.3, 0.4) is 0 Å². The van der Waals surface area contributed by atoms with Gasteiger partial charge in [-0.15, -0.1) is 0 Å². The van der Waals surface area contributed by atoms with Gasteiger partial charge in [-0.3, -0.25) is 13.9 Å². The monoisotopic (exact) mass is 617 g/mol. The number of benzene rings is 3. The second-order valence-corrected chi connectivity index (χ2v) is 12.6. The highest BCUT2D eigenvalue weighted by molar-refractivity contribution is 7.92. The number of hydrogen-bond donors (Lipinski definition) is 1. The second-order valence-electron chi connectivity index (χ2n) is 9.87. The molecule has 0 saturated heterocycles. The maximum absolute atomic E-state index is 14.2. The molecular formula is C31H37Cl2N3O4S. The summed E-state index contributed by atoms with van der Waals surface area (Å²) in [6.45, 7) is 7.52. The molecule has 0 bridgehead atoms. The largest absolute Gasteiger partial charge is 0.354 e. The van der Waals surface area contributed by atoms with Crippen LogP contribution in [0.25, 0.3) is 0 Å². The maximum Gasteiger partial charge on any atom is 0.264 e. The second kappa shape index (κ2) is 14.7. The van der Waals surface area contributed by atoms with Crippen LogP contribution < -0.4 is 9.62 Å². The number of amides is 2. The van der Waals surface area contributed by atoms with Crippen molar-refractivity contribution in [3.63, 3.8) is 0 Å². The van der Waals surface area contributed by atoms with Crippen LogP contribution in [0.4, 0.5) is 5.69 Å². The molecule has 3 rings (SSSR count). The van der Waals surface area contributed by atoms with E-state index in [-0.39, 0.29) is 17.3 Å². The molecule has 0 radical (unpaired) electrons. The predicted molar refractivity (Wildman–Crippen MR) is 166 cm³/mol. The fourth-order valence-electron chi connectivity index (χ4n) is 4.50. The van der Waals surface area contributed by atoms with Gasteiger partial charge in [0.2, 0.25) is 11.8 Å². The average molecular weight is 619 g/mol. The maximum atomic E-state index is 14.2. The molecule has 0 aliphatic rings. The van der Waals surface area contributed by atoms with E-state index in [1.54, 1.807) is 48.5 Å². The number of sulfonamides is 1. The number of aryl methyl sites for hydroxylation is 1. The quantitative estimate of drug-likeness (QED) is 0.221. The summed E-state index contributed by atoms with van der Waals surface area (Å²) in [4.78, 5) is 29.0. The van der Waals surface area contributed by atoms with Crippen LogP contribution >= 0.6 is 23.2 Å². The molecule has 10 heteroatoms. The molecule has 0 aliphatic carbocycles. The minimum atomic E-state index is -4.14. The van der Waals surface area contributed by atoms with E-state index in [0.29, 0.717) is 34.3 Å². The van der Waals surface area contributed by atoms with Crippen molar-refractivity contribution in [3.8, 4) is 0 Å². The van der Waals surface area contributed by atoms with Crippen LogP contribution in [-0.2, 0) is 26.2 Å². The third-order valence-corrected chi connectivity index (χ3v) is 9.39. The van der Waals surface area contributed by atoms with Crippen molar-refractivity contribution < 1.29 is 18.0 Å². The Morgan fingerprint density at radius 1 is 0.951 bits per heavy atom. The van der Waals surface area contributed by atoms with Crippen molar-refractivity contribution in [2.45, 2.75) is 64.4 Å². The SMILES string of the molecule is CCCCNC(=O)C(CC)N(Cc1ccc(Cl)cc1Cl)C(=O)CN(c1cccc(C)c1C)S(=O)(=O)c1ccccc1. The number of nitrogens with one attached hydrogen (secondary N) is 1. The van der Waals surface area contributed by atoms with Crippen molar-refractivity contribution in [3.05, 3.63) is 93.5 Å². The Kier molecular flexibility index (Phi) is 11.6. The van der Waals surface area contributed by atoms with E-state index >= 15 is 0 Å². The standard InChI is InChI=1S/C31H37Cl2N3O4S/c1-5-7-18-34-31(38)28(6-2)35(20-24-16-17-25(32)19-27(24)33)30(37)21-36(29-15-11-12-22(3)23(29)4)41(39,40)26-13-9-8-10-14-26/h8-17,19,28H,5-7,18,20-21H2,1-4H3,(H,34,38). The van der Waals surface area contributed by atoms with E-state index in [4.69, 9.17) is 23.2 Å². The average Bonchev–Trinajstić information content (AvgIpc) is 2.95. The number of carbonyl (C=O) groups is 2. The van der Waals surface area contributed by atoms with Gasteiger partial charge in [-0.1, -0.05) is 79.9 Å². The lowest BCUT2D eigenvalue weighted by atomic mass is 10.1. The molecule has 1 unspecified atom stereocenters. The highest BCUT2D eigenvalue weighted by Gasteiger charge is 2.34. The van der Waals surface area contributed by atoms with Gasteiger partial charge >= 0.3 is 0 Å². The highest BCUT2D eigenvalue weighted by Crippen LogP contribution is 2.30. The van der Waals surface area contributed by atoms with E-state index in [9.17, 15) is 18.0 Å². The summed E-state index contributed by atoms with van der Waals surface area (Å²) in [6.07, 6.45) is 2.03. The molecule has 0 fully saturated rings. The Balaban J connectivity index is 2.09. The number of anilines is 1. The number of hydrogen-bond acceptors (Lipinski definition) is 4. The molecule has 0 aliphatic heterocycles. The van der Waals surface area contributed by atoms with Gasteiger partial charge in [0.05, 0.1) is 10.6 Å². The Morgan fingerprint density at radius 2 is 1.66 bits per heavy atom. The summed E-state index contributed by atoms with van der Waals surface area (Å²) >= 11 is 12.6. The minimum Gasteiger partial charge on any atom is -0.354 e. The summed E-state index contributed by atoms with van der Waals surface area (Å²) in [5.41, 5.74) is 2.60. The topological polar surface area (TPSA) is 86.8 Å². The molecule has 3 aromatic carbocycles. The van der Waals surface area contributed by atoms with Crippen LogP contribution in [0.1, 0.15) is 49.8 Å². The van der Waals surface area contributed by atoms with E-state index in [1.165, 1.54) is 17.0 Å². The predicted octanol–water partition coefficient (Wildman–Crippen LogP) is 6.53. The van der Waals surface area contributed by atoms with Crippen molar-refractivity contribution in [2.24, 2.45) is 0 Å². The van der Waals surface area contributed by atoms with E-state index < -0.39 is 28.5 Å². The molecule has 7 nitrogen and oxygen atoms in total. The van der Waals surface area contributed by atoms with Crippen LogP contribution in [0.15, 0.2) is 71.6 Å². The molecule has 0 spiro atoms. The molecule has 2 amide bonds. The zero-order valence-electron chi connectivity index (χ0n) is 23.9. The molecular weight excluding hydrogens is 581 g/mol. The van der Waals surface area contributed by atoms with Crippen LogP contribution in [-0.4, -0.2) is 44.3 Å². The molecule has 1 atom stereocenters. The van der Waals surface area contributed by atoms with Gasteiger partial charge in [-0.2, -0.15) is 0 Å². The summed E-state index contributed by atoms with van der Waals surface area (Å²) in [6, 6.07) is 17.4. The first-order chi connectivity index (χ1) is 19.5. The first-order valence-corrected chi connectivity index (χ1v) is 15.9. The fourth-order valence-corrected chi connectivity index (χ4v) is 6.46. The third kappa shape index (κ3) is 8.03. The number of halogens is 2. The van der Waals surface area contributed by atoms with E-state index in [1.807, 2.05) is 33.8 Å². The zero-order valence-corrected chi connectivity index (χ0v) is 26.2. The van der Waals surface area contributed by atoms with Gasteiger partial charge in [-0.05, 0) is 73.7 Å². The normalized spacial score (nSPS) is 12.0. The summed E-state index contributed by atoms with van der Waals surface area (Å²) in [5.74, 6) is -0.836. The van der Waals surface area contributed by atoms with Gasteiger partial charge < -0.3 is 10.2 Å². The first-order valence-electron chi connectivity index (χ1n) is 13.7. The van der Waals surface area contributed by atoms with E-state index in [2.05, 4.69) is 5.32 Å². The van der Waals surface area contributed by atoms with Crippen LogP contribution in [0.5, 0.6) is 0 Å². The lowest BCUT2D eigenvalue weighted by molar-refractivity contribution is -0.140. The molecule has 41 heavy (non-hydrogen) atoms. The van der Waals surface area contributed by atoms with Crippen molar-refractivity contribution in [1.82, 2.24) is 10.2 Å². The van der Waals surface area contributed by atoms with Gasteiger partial charge in [0.1, 0.15) is 12.6 Å². The third-order valence-electron chi connectivity index (χ3n) is 7.03. The number of nitrogens with zero attached hydrogens (tertiary/aromatic N) is 2. The Hall–Kier alpha value is -3.07. The fraction of sp³-hybridized carbons (Fsp3) is 0.355. The van der Waals surface area contributed by atoms with Crippen LogP contribution in [0.2, 0.25) is 10.0 Å². The summed E-state index contributed by atoms with van der Waals surface area (Å²) in [7, 11) is -4.14. The smallest absolute Gasteiger partial charge is 0.264 e. The van der Waals surface area contributed by atoms with Crippen molar-refractivity contribution in [1.29, 1.82) is 0 Å². The number of unbranched alkanes of at least 4 members (excludes halogenated alkanes) is 1. The lowest BCUT2D eigenvalue weighted by Crippen LogP contribution is -2.52. The zero-order chi connectivity index (χ0) is 30.2. The molecule has 0 aromatic heterocycles.